The number of hydrogen-bond donors (Lipinski definition) is 2. The Kier molecular flexibility index (Phi) is 7.05. The number of nitrogens with one attached hydrogen (secondary N) is 2. The molecule has 1 aliphatic carbocycles. The normalized spacial score (nSPS) is 23.0. The Morgan fingerprint density at radius 2 is 2.23 bits per heavy atom. The van der Waals surface area contributed by atoms with Crippen LogP contribution in [-0.4, -0.2) is 73.6 Å². The third kappa shape index (κ3) is 5.28. The van der Waals surface area contributed by atoms with Crippen molar-refractivity contribution in [3.05, 3.63) is 17.0 Å². The van der Waals surface area contributed by atoms with Gasteiger partial charge in [0.05, 0.1) is 31.1 Å². The fourth-order valence-electron chi connectivity index (χ4n) is 3.71. The van der Waals surface area contributed by atoms with Crippen LogP contribution in [0, 0.1) is 0 Å². The van der Waals surface area contributed by atoms with Crippen LogP contribution in [0.1, 0.15) is 42.6 Å². The zero-order valence-corrected chi connectivity index (χ0v) is 16.1. The van der Waals surface area contributed by atoms with Crippen molar-refractivity contribution in [3.63, 3.8) is 0 Å². The molecule has 7 heteroatoms. The van der Waals surface area contributed by atoms with Crippen molar-refractivity contribution in [1.82, 2.24) is 20.4 Å². The van der Waals surface area contributed by atoms with Gasteiger partial charge in [-0.15, -0.1) is 0 Å². The van der Waals surface area contributed by atoms with Crippen molar-refractivity contribution in [2.75, 3.05) is 40.5 Å². The monoisotopic (exact) mass is 364 g/mol. The second-order valence-corrected chi connectivity index (χ2v) is 7.58. The van der Waals surface area contributed by atoms with Crippen molar-refractivity contribution >= 4 is 5.91 Å². The second kappa shape index (κ2) is 9.48. The average Bonchev–Trinajstić information content (AvgIpc) is 3.04. The number of rotatable bonds is 8. The first-order valence-electron chi connectivity index (χ1n) is 9.82. The quantitative estimate of drug-likeness (QED) is 0.721. The molecule has 0 aromatic carbocycles. The molecule has 7 nitrogen and oxygen atoms in total. The second-order valence-electron chi connectivity index (χ2n) is 7.58. The van der Waals surface area contributed by atoms with Gasteiger partial charge >= 0.3 is 0 Å². The minimum atomic E-state index is -0.0634. The van der Waals surface area contributed by atoms with Gasteiger partial charge in [0.1, 0.15) is 0 Å². The number of carbonyl (C=O) groups is 1. The maximum absolute atomic E-state index is 12.4. The molecule has 26 heavy (non-hydrogen) atoms. The lowest BCUT2D eigenvalue weighted by atomic mass is 9.94. The molecule has 2 atom stereocenters. The van der Waals surface area contributed by atoms with Gasteiger partial charge in [0.25, 0.3) is 0 Å². The van der Waals surface area contributed by atoms with Crippen LogP contribution in [-0.2, 0) is 33.5 Å². The molecule has 1 aromatic heterocycles. The highest BCUT2D eigenvalue weighted by atomic mass is 16.5. The van der Waals surface area contributed by atoms with E-state index in [1.54, 1.807) is 0 Å². The van der Waals surface area contributed by atoms with Crippen LogP contribution in [0.4, 0.5) is 0 Å². The predicted molar refractivity (Wildman–Crippen MR) is 99.2 cm³/mol. The van der Waals surface area contributed by atoms with Gasteiger partial charge in [0.15, 0.2) is 0 Å². The Morgan fingerprint density at radius 1 is 1.38 bits per heavy atom. The minimum Gasteiger partial charge on any atom is -0.379 e. The highest BCUT2D eigenvalue weighted by molar-refractivity contribution is 5.76. The van der Waals surface area contributed by atoms with E-state index in [-0.39, 0.29) is 18.1 Å². The van der Waals surface area contributed by atoms with E-state index in [1.165, 1.54) is 24.1 Å². The molecule has 0 bridgehead atoms. The Balaban J connectivity index is 1.46. The molecule has 1 amide bonds. The summed E-state index contributed by atoms with van der Waals surface area (Å²) >= 11 is 0. The highest BCUT2D eigenvalue weighted by Crippen LogP contribution is 2.23. The molecule has 0 unspecified atom stereocenters. The third-order valence-corrected chi connectivity index (χ3v) is 5.24. The van der Waals surface area contributed by atoms with Crippen LogP contribution in [0.5, 0.6) is 0 Å². The lowest BCUT2D eigenvalue weighted by molar-refractivity contribution is -0.126. The molecule has 2 N–H and O–H groups in total. The third-order valence-electron chi connectivity index (χ3n) is 5.24. The fraction of sp³-hybridized carbons (Fsp3) is 0.789. The van der Waals surface area contributed by atoms with Gasteiger partial charge in [-0.25, -0.2) is 0 Å². The van der Waals surface area contributed by atoms with E-state index in [4.69, 9.17) is 9.47 Å². The largest absolute Gasteiger partial charge is 0.379 e. The molecular formula is C19H32N4O3. The summed E-state index contributed by atoms with van der Waals surface area (Å²) < 4.78 is 11.5. The van der Waals surface area contributed by atoms with E-state index in [1.807, 2.05) is 14.1 Å². The van der Waals surface area contributed by atoms with Gasteiger partial charge in [0.2, 0.25) is 5.91 Å². The smallest absolute Gasteiger partial charge is 0.220 e. The van der Waals surface area contributed by atoms with E-state index in [0.717, 1.165) is 31.5 Å². The molecule has 2 aliphatic rings. The molecule has 2 heterocycles. The van der Waals surface area contributed by atoms with Gasteiger partial charge in [-0.1, -0.05) is 0 Å². The lowest BCUT2D eigenvalue weighted by Crippen LogP contribution is -2.51. The van der Waals surface area contributed by atoms with Crippen molar-refractivity contribution < 1.29 is 14.3 Å². The van der Waals surface area contributed by atoms with Crippen molar-refractivity contribution in [1.29, 1.82) is 0 Å². The molecule has 0 spiro atoms. The van der Waals surface area contributed by atoms with Crippen molar-refractivity contribution in [3.8, 4) is 0 Å². The first-order chi connectivity index (χ1) is 12.6. The lowest BCUT2D eigenvalue weighted by Gasteiger charge is -2.32. The van der Waals surface area contributed by atoms with Crippen molar-refractivity contribution in [2.24, 2.45) is 0 Å². The summed E-state index contributed by atoms with van der Waals surface area (Å²) in [5, 5.41) is 10.7. The number of nitrogens with zero attached hydrogens (tertiary/aromatic N) is 2. The molecular weight excluding hydrogens is 332 g/mol. The first kappa shape index (κ1) is 19.3. The summed E-state index contributed by atoms with van der Waals surface area (Å²) in [7, 11) is 4.06. The molecule has 0 saturated carbocycles. The molecule has 0 radical (unpaired) electrons. The van der Waals surface area contributed by atoms with Crippen LogP contribution in [0.15, 0.2) is 0 Å². The number of carbonyl (C=O) groups excluding carboxylic acids is 1. The Hall–Kier alpha value is -1.44. The summed E-state index contributed by atoms with van der Waals surface area (Å²) in [6, 6.07) is -0.0634. The number of likely N-dealkylation sites (N-methyl/N-ethyl adjacent to an activating group) is 1. The van der Waals surface area contributed by atoms with Gasteiger partial charge < -0.3 is 19.7 Å². The number of aromatic nitrogens is 2. The van der Waals surface area contributed by atoms with E-state index < -0.39 is 0 Å². The van der Waals surface area contributed by atoms with E-state index in [0.29, 0.717) is 32.7 Å². The number of aryl methyl sites for hydroxylation is 2. The predicted octanol–water partition coefficient (Wildman–Crippen LogP) is 1.07. The van der Waals surface area contributed by atoms with Crippen LogP contribution in [0.2, 0.25) is 0 Å². The zero-order chi connectivity index (χ0) is 18.4. The first-order valence-corrected chi connectivity index (χ1v) is 9.82. The SMILES string of the molecule is CN(C)CCO[C@H]1CCOC[C@H]1NC(=O)CCc1n[nH]c2c1CCCC2. The number of H-pyrrole nitrogens is 1. The number of amides is 1. The summed E-state index contributed by atoms with van der Waals surface area (Å²) in [5.41, 5.74) is 3.67. The Labute approximate surface area is 155 Å². The van der Waals surface area contributed by atoms with Gasteiger partial charge in [-0.2, -0.15) is 5.10 Å². The van der Waals surface area contributed by atoms with Crippen LogP contribution < -0.4 is 5.32 Å². The van der Waals surface area contributed by atoms with Gasteiger partial charge in [-0.3, -0.25) is 9.89 Å². The molecule has 1 aliphatic heterocycles. The molecule has 1 fully saturated rings. The van der Waals surface area contributed by atoms with Gasteiger partial charge in [-0.05, 0) is 51.8 Å². The maximum Gasteiger partial charge on any atom is 0.220 e. The number of ether oxygens (including phenoxy) is 2. The van der Waals surface area contributed by atoms with E-state index >= 15 is 0 Å². The molecule has 146 valence electrons. The number of hydrogen-bond acceptors (Lipinski definition) is 5. The van der Waals surface area contributed by atoms with Gasteiger partial charge in [0, 0.05) is 31.7 Å². The van der Waals surface area contributed by atoms with Crippen LogP contribution in [0.3, 0.4) is 0 Å². The van der Waals surface area contributed by atoms with E-state index in [9.17, 15) is 4.79 Å². The summed E-state index contributed by atoms with van der Waals surface area (Å²) in [5.74, 6) is 0.0502. The summed E-state index contributed by atoms with van der Waals surface area (Å²) in [4.78, 5) is 14.5. The topological polar surface area (TPSA) is 79.5 Å². The summed E-state index contributed by atoms with van der Waals surface area (Å²) in [6.07, 6.45) is 6.62. The summed E-state index contributed by atoms with van der Waals surface area (Å²) in [6.45, 7) is 2.76. The standard InChI is InChI=1S/C19H32N4O3/c1-23(2)10-12-26-18-9-11-25-13-17(18)20-19(24)8-7-16-14-5-3-4-6-15(14)21-22-16/h17-18H,3-13H2,1-2H3,(H,20,24)(H,21,22)/t17-,18+/m1/s1. The molecule has 1 aromatic rings. The van der Waals surface area contributed by atoms with E-state index in [2.05, 4.69) is 20.4 Å². The van der Waals surface area contributed by atoms with Crippen LogP contribution >= 0.6 is 0 Å². The Bertz CT molecular complexity index is 587. The highest BCUT2D eigenvalue weighted by Gasteiger charge is 2.28. The minimum absolute atomic E-state index is 0.0331. The zero-order valence-electron chi connectivity index (χ0n) is 16.1. The maximum atomic E-state index is 12.4. The Morgan fingerprint density at radius 3 is 3.08 bits per heavy atom. The number of aromatic amines is 1. The molecule has 3 rings (SSSR count). The fourth-order valence-corrected chi connectivity index (χ4v) is 3.71. The average molecular weight is 364 g/mol. The number of fused-ring (bicyclic) bond motifs is 1. The molecule has 1 saturated heterocycles. The van der Waals surface area contributed by atoms with Crippen LogP contribution in [0.25, 0.3) is 0 Å². The van der Waals surface area contributed by atoms with Crippen molar-refractivity contribution in [2.45, 2.75) is 57.1 Å².